The summed E-state index contributed by atoms with van der Waals surface area (Å²) in [6.07, 6.45) is 0.809. The predicted octanol–water partition coefficient (Wildman–Crippen LogP) is 4.68. The maximum Gasteiger partial charge on any atom is 0.338 e. The highest BCUT2D eigenvalue weighted by molar-refractivity contribution is 7.80. The molecule has 5 heteroatoms. The number of thiocarbonyl (C=S) groups is 1. The molecule has 0 unspecified atom stereocenters. The molecule has 0 aliphatic rings. The summed E-state index contributed by atoms with van der Waals surface area (Å²) in [5.74, 6) is -0.306. The lowest BCUT2D eigenvalue weighted by Crippen LogP contribution is -2.19. The minimum Gasteiger partial charge on any atom is -0.462 e. The van der Waals surface area contributed by atoms with Gasteiger partial charge in [-0.25, -0.2) is 4.79 Å². The molecule has 0 amide bonds. The first-order chi connectivity index (χ1) is 11.5. The van der Waals surface area contributed by atoms with E-state index < -0.39 is 0 Å². The molecule has 0 saturated carbocycles. The Hall–Kier alpha value is -2.40. The molecule has 0 radical (unpaired) electrons. The van der Waals surface area contributed by atoms with Gasteiger partial charge < -0.3 is 15.4 Å². The number of hydrogen-bond acceptors (Lipinski definition) is 3. The number of rotatable bonds is 5. The molecule has 2 aromatic carbocycles. The molecule has 2 aromatic rings. The van der Waals surface area contributed by atoms with Gasteiger partial charge in [0.1, 0.15) is 0 Å². The number of aryl methyl sites for hydroxylation is 2. The van der Waals surface area contributed by atoms with Crippen molar-refractivity contribution in [1.29, 1.82) is 0 Å². The van der Waals surface area contributed by atoms with Gasteiger partial charge in [-0.1, -0.05) is 13.0 Å². The Bertz CT molecular complexity index is 727. The Balaban J connectivity index is 1.94. The second-order valence-electron chi connectivity index (χ2n) is 5.59. The smallest absolute Gasteiger partial charge is 0.338 e. The zero-order valence-corrected chi connectivity index (χ0v) is 15.0. The van der Waals surface area contributed by atoms with Crippen LogP contribution in [0.25, 0.3) is 0 Å². The van der Waals surface area contributed by atoms with E-state index in [2.05, 4.69) is 36.6 Å². The standard InChI is InChI=1S/C19H22N2O2S/c1-4-11-23-18(22)15-6-9-16(10-7-15)20-19(24)21-17-8-5-13(2)14(3)12-17/h5-10,12H,4,11H2,1-3H3,(H2,20,21,24). The van der Waals surface area contributed by atoms with Crippen molar-refractivity contribution in [3.05, 3.63) is 59.2 Å². The van der Waals surface area contributed by atoms with Gasteiger partial charge in [-0.3, -0.25) is 0 Å². The van der Waals surface area contributed by atoms with E-state index in [1.54, 1.807) is 24.3 Å². The van der Waals surface area contributed by atoms with Crippen LogP contribution in [0, 0.1) is 13.8 Å². The van der Waals surface area contributed by atoms with Crippen molar-refractivity contribution in [3.8, 4) is 0 Å². The second-order valence-corrected chi connectivity index (χ2v) is 6.00. The number of ether oxygens (including phenoxy) is 1. The average Bonchev–Trinajstić information content (AvgIpc) is 2.56. The monoisotopic (exact) mass is 342 g/mol. The molecule has 2 N–H and O–H groups in total. The topological polar surface area (TPSA) is 50.4 Å². The van der Waals surface area contributed by atoms with Crippen LogP contribution in [0.1, 0.15) is 34.8 Å². The lowest BCUT2D eigenvalue weighted by molar-refractivity contribution is 0.0505. The van der Waals surface area contributed by atoms with Crippen LogP contribution in [0.3, 0.4) is 0 Å². The Morgan fingerprint density at radius 2 is 1.62 bits per heavy atom. The van der Waals surface area contributed by atoms with Crippen LogP contribution < -0.4 is 10.6 Å². The van der Waals surface area contributed by atoms with Crippen molar-refractivity contribution in [2.45, 2.75) is 27.2 Å². The van der Waals surface area contributed by atoms with E-state index >= 15 is 0 Å². The Morgan fingerprint density at radius 3 is 2.25 bits per heavy atom. The van der Waals surface area contributed by atoms with Crippen molar-refractivity contribution < 1.29 is 9.53 Å². The van der Waals surface area contributed by atoms with E-state index in [0.29, 0.717) is 17.3 Å². The van der Waals surface area contributed by atoms with E-state index in [9.17, 15) is 4.79 Å². The molecule has 0 fully saturated rings. The number of anilines is 2. The molecule has 0 aliphatic carbocycles. The van der Waals surface area contributed by atoms with Crippen LogP contribution in [0.2, 0.25) is 0 Å². The molecule has 0 atom stereocenters. The van der Waals surface area contributed by atoms with Crippen LogP contribution >= 0.6 is 12.2 Å². The lowest BCUT2D eigenvalue weighted by atomic mass is 10.1. The normalized spacial score (nSPS) is 10.1. The van der Waals surface area contributed by atoms with Gasteiger partial charge in [0, 0.05) is 11.4 Å². The molecule has 0 bridgehead atoms. The minimum absolute atomic E-state index is 0.306. The quantitative estimate of drug-likeness (QED) is 0.610. The van der Waals surface area contributed by atoms with Gasteiger partial charge >= 0.3 is 5.97 Å². The molecule has 126 valence electrons. The van der Waals surface area contributed by atoms with Crippen LogP contribution in [0.15, 0.2) is 42.5 Å². The average molecular weight is 342 g/mol. The van der Waals surface area contributed by atoms with E-state index in [0.717, 1.165) is 17.8 Å². The molecular formula is C19H22N2O2S. The van der Waals surface area contributed by atoms with Crippen LogP contribution in [0.4, 0.5) is 11.4 Å². The summed E-state index contributed by atoms with van der Waals surface area (Å²) < 4.78 is 5.10. The van der Waals surface area contributed by atoms with E-state index in [1.165, 1.54) is 11.1 Å². The number of esters is 1. The maximum absolute atomic E-state index is 11.8. The lowest BCUT2D eigenvalue weighted by Gasteiger charge is -2.12. The maximum atomic E-state index is 11.8. The number of carbonyl (C=O) groups is 1. The molecular weight excluding hydrogens is 320 g/mol. The van der Waals surface area contributed by atoms with Crippen molar-refractivity contribution >= 4 is 34.7 Å². The van der Waals surface area contributed by atoms with E-state index in [4.69, 9.17) is 17.0 Å². The van der Waals surface area contributed by atoms with E-state index in [1.807, 2.05) is 13.0 Å². The summed E-state index contributed by atoms with van der Waals surface area (Å²) in [5, 5.41) is 6.75. The largest absolute Gasteiger partial charge is 0.462 e. The predicted molar refractivity (Wildman–Crippen MR) is 103 cm³/mol. The first kappa shape index (κ1) is 17.9. The SMILES string of the molecule is CCCOC(=O)c1ccc(NC(=S)Nc2ccc(C)c(C)c2)cc1. The number of hydrogen-bond donors (Lipinski definition) is 2. The van der Waals surface area contributed by atoms with Gasteiger partial charge in [0.15, 0.2) is 5.11 Å². The van der Waals surface area contributed by atoms with Crippen LogP contribution in [0.5, 0.6) is 0 Å². The van der Waals surface area contributed by atoms with Gasteiger partial charge in [-0.15, -0.1) is 0 Å². The molecule has 0 spiro atoms. The fraction of sp³-hybridized carbons (Fsp3) is 0.263. The highest BCUT2D eigenvalue weighted by atomic mass is 32.1. The Kier molecular flexibility index (Phi) is 6.32. The third-order valence-electron chi connectivity index (χ3n) is 3.58. The second kappa shape index (κ2) is 8.45. The van der Waals surface area contributed by atoms with Gasteiger partial charge in [0.25, 0.3) is 0 Å². The van der Waals surface area contributed by atoms with Crippen molar-refractivity contribution in [1.82, 2.24) is 0 Å². The first-order valence-corrected chi connectivity index (χ1v) is 8.33. The number of carbonyl (C=O) groups excluding carboxylic acids is 1. The van der Waals surface area contributed by atoms with Crippen molar-refractivity contribution in [2.24, 2.45) is 0 Å². The van der Waals surface area contributed by atoms with Gasteiger partial charge in [-0.05, 0) is 80.0 Å². The Morgan fingerprint density at radius 1 is 1.00 bits per heavy atom. The third-order valence-corrected chi connectivity index (χ3v) is 3.78. The van der Waals surface area contributed by atoms with Crippen molar-refractivity contribution in [2.75, 3.05) is 17.2 Å². The fourth-order valence-electron chi connectivity index (χ4n) is 2.08. The van der Waals surface area contributed by atoms with Crippen LogP contribution in [-0.4, -0.2) is 17.7 Å². The summed E-state index contributed by atoms with van der Waals surface area (Å²) in [6.45, 7) is 6.53. The highest BCUT2D eigenvalue weighted by Crippen LogP contribution is 2.15. The summed E-state index contributed by atoms with van der Waals surface area (Å²) in [5.41, 5.74) is 4.73. The summed E-state index contributed by atoms with van der Waals surface area (Å²) >= 11 is 5.32. The van der Waals surface area contributed by atoms with Gasteiger partial charge in [-0.2, -0.15) is 0 Å². The number of benzene rings is 2. The minimum atomic E-state index is -0.306. The molecule has 0 saturated heterocycles. The summed E-state index contributed by atoms with van der Waals surface area (Å²) in [4.78, 5) is 11.8. The highest BCUT2D eigenvalue weighted by Gasteiger charge is 2.07. The molecule has 0 heterocycles. The zero-order chi connectivity index (χ0) is 17.5. The number of nitrogens with one attached hydrogen (secondary N) is 2. The summed E-state index contributed by atoms with van der Waals surface area (Å²) in [7, 11) is 0. The molecule has 0 aromatic heterocycles. The molecule has 4 nitrogen and oxygen atoms in total. The molecule has 24 heavy (non-hydrogen) atoms. The van der Waals surface area contributed by atoms with Crippen LogP contribution in [-0.2, 0) is 4.74 Å². The van der Waals surface area contributed by atoms with Gasteiger partial charge in [0.2, 0.25) is 0 Å². The summed E-state index contributed by atoms with van der Waals surface area (Å²) in [6, 6.07) is 13.1. The molecule has 0 aliphatic heterocycles. The molecule has 2 rings (SSSR count). The van der Waals surface area contributed by atoms with E-state index in [-0.39, 0.29) is 5.97 Å². The Labute approximate surface area is 148 Å². The third kappa shape index (κ3) is 5.06. The zero-order valence-electron chi connectivity index (χ0n) is 14.2. The van der Waals surface area contributed by atoms with Gasteiger partial charge in [0.05, 0.1) is 12.2 Å². The van der Waals surface area contributed by atoms with Crippen molar-refractivity contribution in [3.63, 3.8) is 0 Å². The fourth-order valence-corrected chi connectivity index (χ4v) is 2.32. The first-order valence-electron chi connectivity index (χ1n) is 7.92.